The molecule has 0 N–H and O–H groups in total. The minimum absolute atomic E-state index is 0.459. The van der Waals surface area contributed by atoms with Crippen LogP contribution in [0.25, 0.3) is 0 Å². The van der Waals surface area contributed by atoms with Gasteiger partial charge in [0.1, 0.15) is 0 Å². The molecule has 4 nitrogen and oxygen atoms in total. The Balaban J connectivity index is 2.24. The first-order valence-electron chi connectivity index (χ1n) is 5.78. The van der Waals surface area contributed by atoms with Crippen LogP contribution in [0.4, 0.5) is 0 Å². The topological polar surface area (TPSA) is 52.1 Å². The molecule has 0 atom stereocenters. The van der Waals surface area contributed by atoms with E-state index in [1.54, 1.807) is 12.1 Å². The van der Waals surface area contributed by atoms with Crippen LogP contribution >= 0.6 is 0 Å². The molecule has 2 aromatic heterocycles. The Morgan fingerprint density at radius 1 is 1.28 bits per heavy atom. The molecule has 4 heteroatoms. The summed E-state index contributed by atoms with van der Waals surface area (Å²) in [6.45, 7) is 3.97. The maximum absolute atomic E-state index is 10.5. The third-order valence-electron chi connectivity index (χ3n) is 2.52. The predicted molar refractivity (Wildman–Crippen MR) is 68.1 cm³/mol. The van der Waals surface area contributed by atoms with Crippen molar-refractivity contribution in [2.75, 3.05) is 0 Å². The van der Waals surface area contributed by atoms with E-state index >= 15 is 0 Å². The van der Waals surface area contributed by atoms with Crippen molar-refractivity contribution >= 4 is 6.29 Å². The standard InChI is InChI=1S/C14H14N2O2/c1-3-12-13(6-4-10(2)16-12)18-14-7-5-11(9-17)8-15-14/h4-9H,3H2,1-2H3. The van der Waals surface area contributed by atoms with Gasteiger partial charge in [0.15, 0.2) is 12.0 Å². The van der Waals surface area contributed by atoms with Crippen LogP contribution in [-0.4, -0.2) is 16.3 Å². The van der Waals surface area contributed by atoms with Crippen molar-refractivity contribution in [1.82, 2.24) is 9.97 Å². The van der Waals surface area contributed by atoms with E-state index in [9.17, 15) is 4.79 Å². The van der Waals surface area contributed by atoms with Gasteiger partial charge in [0.05, 0.1) is 5.69 Å². The molecule has 0 aromatic carbocycles. The van der Waals surface area contributed by atoms with Gasteiger partial charge in [-0.15, -0.1) is 0 Å². The smallest absolute Gasteiger partial charge is 0.219 e. The molecule has 2 aromatic rings. The number of carbonyl (C=O) groups is 1. The van der Waals surface area contributed by atoms with E-state index < -0.39 is 0 Å². The molecule has 0 fully saturated rings. The lowest BCUT2D eigenvalue weighted by Gasteiger charge is -2.09. The third-order valence-corrected chi connectivity index (χ3v) is 2.52. The highest BCUT2D eigenvalue weighted by atomic mass is 16.5. The van der Waals surface area contributed by atoms with Crippen LogP contribution in [0.15, 0.2) is 30.5 Å². The van der Waals surface area contributed by atoms with Gasteiger partial charge in [0, 0.05) is 23.5 Å². The van der Waals surface area contributed by atoms with Gasteiger partial charge < -0.3 is 4.74 Å². The number of carbonyl (C=O) groups excluding carboxylic acids is 1. The molecule has 0 aliphatic heterocycles. The van der Waals surface area contributed by atoms with Gasteiger partial charge in [-0.3, -0.25) is 9.78 Å². The molecule has 0 unspecified atom stereocenters. The molecule has 0 saturated heterocycles. The summed E-state index contributed by atoms with van der Waals surface area (Å²) in [6, 6.07) is 7.12. The van der Waals surface area contributed by atoms with Crippen molar-refractivity contribution in [2.45, 2.75) is 20.3 Å². The summed E-state index contributed by atoms with van der Waals surface area (Å²) >= 11 is 0. The molecule has 0 aliphatic carbocycles. The fraction of sp³-hybridized carbons (Fsp3) is 0.214. The normalized spacial score (nSPS) is 10.1. The number of hydrogen-bond donors (Lipinski definition) is 0. The van der Waals surface area contributed by atoms with Gasteiger partial charge in [0.2, 0.25) is 5.88 Å². The minimum atomic E-state index is 0.459. The highest BCUT2D eigenvalue weighted by molar-refractivity contribution is 5.74. The lowest BCUT2D eigenvalue weighted by atomic mass is 10.2. The first kappa shape index (κ1) is 12.2. The number of aldehydes is 1. The van der Waals surface area contributed by atoms with Crippen molar-refractivity contribution in [3.05, 3.63) is 47.4 Å². The van der Waals surface area contributed by atoms with Crippen molar-refractivity contribution in [2.24, 2.45) is 0 Å². The second kappa shape index (κ2) is 5.40. The molecule has 0 aliphatic rings. The quantitative estimate of drug-likeness (QED) is 0.773. The summed E-state index contributed by atoms with van der Waals surface area (Å²) in [5.74, 6) is 1.16. The average Bonchev–Trinajstić information content (AvgIpc) is 2.41. The third kappa shape index (κ3) is 2.71. The average molecular weight is 242 g/mol. The zero-order chi connectivity index (χ0) is 13.0. The Hall–Kier alpha value is -2.23. The van der Waals surface area contributed by atoms with Crippen molar-refractivity contribution < 1.29 is 9.53 Å². The first-order valence-corrected chi connectivity index (χ1v) is 5.78. The number of rotatable bonds is 4. The molecule has 0 saturated carbocycles. The maximum atomic E-state index is 10.5. The van der Waals surface area contributed by atoms with Crippen LogP contribution in [-0.2, 0) is 6.42 Å². The van der Waals surface area contributed by atoms with Gasteiger partial charge in [-0.05, 0) is 31.5 Å². The summed E-state index contributed by atoms with van der Waals surface area (Å²) in [4.78, 5) is 19.0. The van der Waals surface area contributed by atoms with E-state index in [-0.39, 0.29) is 0 Å². The summed E-state index contributed by atoms with van der Waals surface area (Å²) in [5.41, 5.74) is 2.39. The van der Waals surface area contributed by atoms with E-state index in [1.807, 2.05) is 26.0 Å². The Labute approximate surface area is 106 Å². The highest BCUT2D eigenvalue weighted by Crippen LogP contribution is 2.23. The molecule has 0 amide bonds. The SMILES string of the molecule is CCc1nc(C)ccc1Oc1ccc(C=O)cn1. The number of pyridine rings is 2. The van der Waals surface area contributed by atoms with Crippen molar-refractivity contribution in [1.29, 1.82) is 0 Å². The lowest BCUT2D eigenvalue weighted by Crippen LogP contribution is -1.97. The molecule has 0 radical (unpaired) electrons. The molecular formula is C14H14N2O2. The van der Waals surface area contributed by atoms with Gasteiger partial charge in [-0.2, -0.15) is 0 Å². The van der Waals surface area contributed by atoms with Gasteiger partial charge in [0.25, 0.3) is 0 Å². The van der Waals surface area contributed by atoms with Crippen LogP contribution in [0.3, 0.4) is 0 Å². The van der Waals surface area contributed by atoms with Gasteiger partial charge in [-0.1, -0.05) is 6.92 Å². The van der Waals surface area contributed by atoms with Gasteiger partial charge >= 0.3 is 0 Å². The van der Waals surface area contributed by atoms with Crippen LogP contribution in [0, 0.1) is 6.92 Å². The Morgan fingerprint density at radius 3 is 2.72 bits per heavy atom. The Kier molecular flexibility index (Phi) is 3.67. The maximum Gasteiger partial charge on any atom is 0.219 e. The van der Waals surface area contributed by atoms with Crippen LogP contribution < -0.4 is 4.74 Å². The molecule has 2 rings (SSSR count). The van der Waals surface area contributed by atoms with E-state index in [1.165, 1.54) is 6.20 Å². The van der Waals surface area contributed by atoms with Crippen molar-refractivity contribution in [3.63, 3.8) is 0 Å². The summed E-state index contributed by atoms with van der Waals surface area (Å²) in [6.07, 6.45) is 3.03. The molecule has 18 heavy (non-hydrogen) atoms. The fourth-order valence-corrected chi connectivity index (χ4v) is 1.58. The van der Waals surface area contributed by atoms with E-state index in [4.69, 9.17) is 4.74 Å². The monoisotopic (exact) mass is 242 g/mol. The predicted octanol–water partition coefficient (Wildman–Crippen LogP) is 2.95. The molecule has 0 spiro atoms. The first-order chi connectivity index (χ1) is 8.72. The minimum Gasteiger partial charge on any atom is -0.437 e. The van der Waals surface area contributed by atoms with Crippen LogP contribution in [0.2, 0.25) is 0 Å². The zero-order valence-corrected chi connectivity index (χ0v) is 10.4. The molecule has 2 heterocycles. The zero-order valence-electron chi connectivity index (χ0n) is 10.4. The van der Waals surface area contributed by atoms with E-state index in [0.29, 0.717) is 17.2 Å². The lowest BCUT2D eigenvalue weighted by molar-refractivity contribution is 0.112. The van der Waals surface area contributed by atoms with E-state index in [0.717, 1.165) is 24.1 Å². The summed E-state index contributed by atoms with van der Waals surface area (Å²) < 4.78 is 5.67. The summed E-state index contributed by atoms with van der Waals surface area (Å²) in [7, 11) is 0. The second-order valence-corrected chi connectivity index (χ2v) is 3.90. The molecule has 92 valence electrons. The number of aromatic nitrogens is 2. The highest BCUT2D eigenvalue weighted by Gasteiger charge is 2.06. The largest absolute Gasteiger partial charge is 0.437 e. The summed E-state index contributed by atoms with van der Waals surface area (Å²) in [5, 5.41) is 0. The van der Waals surface area contributed by atoms with Crippen LogP contribution in [0.1, 0.15) is 28.7 Å². The number of aryl methyl sites for hydroxylation is 2. The number of hydrogen-bond acceptors (Lipinski definition) is 4. The second-order valence-electron chi connectivity index (χ2n) is 3.90. The molecule has 0 bridgehead atoms. The Morgan fingerprint density at radius 2 is 2.11 bits per heavy atom. The van der Waals surface area contributed by atoms with Gasteiger partial charge in [-0.25, -0.2) is 4.98 Å². The molecular weight excluding hydrogens is 228 g/mol. The Bertz CT molecular complexity index is 550. The number of nitrogens with zero attached hydrogens (tertiary/aromatic N) is 2. The fourth-order valence-electron chi connectivity index (χ4n) is 1.58. The number of ether oxygens (including phenoxy) is 1. The van der Waals surface area contributed by atoms with Crippen molar-refractivity contribution in [3.8, 4) is 11.6 Å². The van der Waals surface area contributed by atoms with Crippen LogP contribution in [0.5, 0.6) is 11.6 Å². The van der Waals surface area contributed by atoms with E-state index in [2.05, 4.69) is 9.97 Å².